The zero-order valence-electron chi connectivity index (χ0n) is 29.7. The van der Waals surface area contributed by atoms with E-state index in [9.17, 15) is 25.9 Å². The van der Waals surface area contributed by atoms with Crippen LogP contribution in [0.5, 0.6) is 0 Å². The molecule has 0 aromatic carbocycles. The van der Waals surface area contributed by atoms with Gasteiger partial charge in [0.2, 0.25) is 20.8 Å². The summed E-state index contributed by atoms with van der Waals surface area (Å²) in [6.07, 6.45) is 14.4. The van der Waals surface area contributed by atoms with Crippen molar-refractivity contribution in [3.63, 3.8) is 0 Å². The maximum Gasteiger partial charge on any atom is 1.00 e. The second kappa shape index (κ2) is 37.3. The molecule has 0 aromatic rings. The van der Waals surface area contributed by atoms with Gasteiger partial charge >= 0.3 is 59.1 Å². The first-order chi connectivity index (χ1) is 21.6. The van der Waals surface area contributed by atoms with Gasteiger partial charge in [-0.1, -0.05) is 90.9 Å². The monoisotopic (exact) mass is 738 g/mol. The molecule has 0 aliphatic heterocycles. The summed E-state index contributed by atoms with van der Waals surface area (Å²) >= 11 is 0. The van der Waals surface area contributed by atoms with Crippen LogP contribution in [0.3, 0.4) is 0 Å². The van der Waals surface area contributed by atoms with E-state index in [4.69, 9.17) is 23.7 Å². The van der Waals surface area contributed by atoms with Gasteiger partial charge in [-0.3, -0.25) is 8.37 Å². The van der Waals surface area contributed by atoms with Crippen molar-refractivity contribution in [3.8, 4) is 0 Å². The zero-order valence-corrected chi connectivity index (χ0v) is 35.3. The Balaban J connectivity index is -0.00000968. The Kier molecular flexibility index (Phi) is 42.0. The van der Waals surface area contributed by atoms with Crippen LogP contribution < -0.4 is 59.1 Å². The minimum absolute atomic E-state index is 0. The van der Waals surface area contributed by atoms with Gasteiger partial charge in [0, 0.05) is 19.8 Å². The van der Waals surface area contributed by atoms with Crippen molar-refractivity contribution in [2.24, 2.45) is 0 Å². The molecule has 0 spiro atoms. The Morgan fingerprint density at radius 2 is 0.745 bits per heavy atom. The van der Waals surface area contributed by atoms with Gasteiger partial charge in [-0.05, 0) is 25.7 Å². The minimum atomic E-state index is -4.91. The zero-order chi connectivity index (χ0) is 33.5. The van der Waals surface area contributed by atoms with Crippen molar-refractivity contribution in [3.05, 3.63) is 0 Å². The molecule has 47 heavy (non-hydrogen) atoms. The third-order valence-electron chi connectivity index (χ3n) is 6.76. The molecule has 0 radical (unpaired) electrons. The average molecular weight is 739 g/mol. The van der Waals surface area contributed by atoms with Gasteiger partial charge in [-0.15, -0.1) is 0 Å². The molecule has 272 valence electrons. The summed E-state index contributed by atoms with van der Waals surface area (Å²) in [5, 5.41) is 0. The molecule has 0 aliphatic rings. The molecule has 0 aromatic heterocycles. The van der Waals surface area contributed by atoms with Gasteiger partial charge in [-0.2, -0.15) is 0 Å². The summed E-state index contributed by atoms with van der Waals surface area (Å²) in [6.45, 7) is 6.54. The van der Waals surface area contributed by atoms with Gasteiger partial charge in [0.1, 0.15) is 6.10 Å². The molecule has 0 rings (SSSR count). The van der Waals surface area contributed by atoms with Crippen LogP contribution in [0.15, 0.2) is 0 Å². The van der Waals surface area contributed by atoms with E-state index in [0.717, 1.165) is 58.0 Å². The number of rotatable bonds is 36. The fraction of sp³-hybridized carbons (Fsp3) is 1.00. The topological polar surface area (TPSA) is 179 Å². The van der Waals surface area contributed by atoms with Crippen LogP contribution in [0, 0.1) is 0 Å². The standard InChI is InChI=1S/C30H62O13S2.2Na/c1-3-5-7-8-9-10-12-17-21-39-27-30(43-45(34,35)36)28-41-25-23-38-22-24-40-26-29(42-44(31,32)33)18-14-11-13-16-20-37-19-15-6-4-2;;/h29-30H,3-28H2,1-2H3,(H,31,32,33)(H,34,35,36);;/q;2*+1/p-2. The summed E-state index contributed by atoms with van der Waals surface area (Å²) in [5.41, 5.74) is 0. The quantitative estimate of drug-likeness (QED) is 0.0333. The van der Waals surface area contributed by atoms with Crippen LogP contribution in [0.4, 0.5) is 0 Å². The number of ether oxygens (including phenoxy) is 5. The first-order valence-corrected chi connectivity index (χ1v) is 19.4. The second-order valence-corrected chi connectivity index (χ2v) is 13.1. The van der Waals surface area contributed by atoms with Crippen molar-refractivity contribution >= 4 is 20.8 Å². The second-order valence-electron chi connectivity index (χ2n) is 11.1. The first-order valence-electron chi connectivity index (χ1n) is 16.7. The Morgan fingerprint density at radius 1 is 0.426 bits per heavy atom. The number of hydrogen-bond donors (Lipinski definition) is 0. The normalized spacial score (nSPS) is 13.2. The fourth-order valence-corrected chi connectivity index (χ4v) is 5.33. The van der Waals surface area contributed by atoms with Gasteiger partial charge in [0.15, 0.2) is 0 Å². The van der Waals surface area contributed by atoms with Gasteiger partial charge in [-0.25, -0.2) is 16.8 Å². The van der Waals surface area contributed by atoms with Crippen LogP contribution >= 0.6 is 0 Å². The van der Waals surface area contributed by atoms with Crippen molar-refractivity contribution in [2.75, 3.05) is 66.1 Å². The molecular formula is C30H60Na2O13S2. The molecule has 0 aliphatic carbocycles. The molecular weight excluding hydrogens is 678 g/mol. The predicted molar refractivity (Wildman–Crippen MR) is 168 cm³/mol. The molecule has 0 fully saturated rings. The van der Waals surface area contributed by atoms with Crippen LogP contribution in [0.1, 0.15) is 117 Å². The van der Waals surface area contributed by atoms with Crippen LogP contribution in [-0.2, 0) is 52.8 Å². The number of hydrogen-bond acceptors (Lipinski definition) is 13. The predicted octanol–water partition coefficient (Wildman–Crippen LogP) is -0.950. The Labute approximate surface area is 330 Å². The summed E-state index contributed by atoms with van der Waals surface area (Å²) in [7, 11) is -9.76. The Hall–Kier alpha value is 1.54. The first kappa shape index (κ1) is 52.9. The fourth-order valence-electron chi connectivity index (χ4n) is 4.40. The maximum absolute atomic E-state index is 11.1. The van der Waals surface area contributed by atoms with E-state index in [1.807, 2.05) is 0 Å². The molecule has 17 heteroatoms. The van der Waals surface area contributed by atoms with E-state index in [-0.39, 0.29) is 105 Å². The molecule has 2 atom stereocenters. The summed E-state index contributed by atoms with van der Waals surface area (Å²) in [4.78, 5) is 0. The third kappa shape index (κ3) is 43.6. The molecule has 0 saturated carbocycles. The van der Waals surface area contributed by atoms with E-state index in [2.05, 4.69) is 22.2 Å². The molecule has 0 N–H and O–H groups in total. The van der Waals surface area contributed by atoms with E-state index >= 15 is 0 Å². The van der Waals surface area contributed by atoms with E-state index in [0.29, 0.717) is 26.1 Å². The van der Waals surface area contributed by atoms with E-state index in [1.54, 1.807) is 0 Å². The number of unbranched alkanes of at least 4 members (excludes halogenated alkanes) is 12. The average Bonchev–Trinajstić information content (AvgIpc) is 2.96. The van der Waals surface area contributed by atoms with Gasteiger partial charge in [0.05, 0.1) is 52.4 Å². The smallest absolute Gasteiger partial charge is 0.726 e. The van der Waals surface area contributed by atoms with Crippen LogP contribution in [-0.4, -0.2) is 104 Å². The van der Waals surface area contributed by atoms with Crippen molar-refractivity contribution in [1.82, 2.24) is 0 Å². The maximum atomic E-state index is 11.1. The van der Waals surface area contributed by atoms with Gasteiger partial charge in [0.25, 0.3) is 0 Å². The van der Waals surface area contributed by atoms with Crippen LogP contribution in [0.25, 0.3) is 0 Å². The molecule has 0 amide bonds. The SMILES string of the molecule is CCCCCCCCCCOCC(COCCOCCOCC(CCCCCCOCCCCC)OS(=O)(=O)[O-])OS(=O)(=O)[O-].[Na+].[Na+]. The molecule has 0 heterocycles. The Bertz CT molecular complexity index is 785. The van der Waals surface area contributed by atoms with Crippen LogP contribution in [0.2, 0.25) is 0 Å². The summed E-state index contributed by atoms with van der Waals surface area (Å²) in [5.74, 6) is 0. The molecule has 2 unspecified atom stereocenters. The van der Waals surface area contributed by atoms with E-state index in [1.165, 1.54) is 38.5 Å². The molecule has 0 saturated heterocycles. The summed E-state index contributed by atoms with van der Waals surface area (Å²) < 4.78 is 103. The van der Waals surface area contributed by atoms with Gasteiger partial charge < -0.3 is 32.8 Å². The third-order valence-corrected chi connectivity index (χ3v) is 7.78. The van der Waals surface area contributed by atoms with Crippen molar-refractivity contribution in [1.29, 1.82) is 0 Å². The molecule has 13 nitrogen and oxygen atoms in total. The van der Waals surface area contributed by atoms with Crippen molar-refractivity contribution < 1.29 is 117 Å². The largest absolute Gasteiger partial charge is 1.00 e. The van der Waals surface area contributed by atoms with E-state index < -0.39 is 33.0 Å². The summed E-state index contributed by atoms with van der Waals surface area (Å²) in [6, 6.07) is 0. The van der Waals surface area contributed by atoms with Crippen molar-refractivity contribution in [2.45, 2.75) is 129 Å². The minimum Gasteiger partial charge on any atom is -0.726 e. The Morgan fingerprint density at radius 3 is 1.26 bits per heavy atom. The molecule has 0 bridgehead atoms.